The minimum atomic E-state index is -0.0421. The molecule has 1 atom stereocenters. The third kappa shape index (κ3) is 5.62. The van der Waals surface area contributed by atoms with Crippen molar-refractivity contribution in [3.05, 3.63) is 0 Å². The number of carbonyl (C=O) groups is 1. The number of likely N-dealkylation sites (tertiary alicyclic amines) is 1. The van der Waals surface area contributed by atoms with Crippen LogP contribution in [0.15, 0.2) is 0 Å². The van der Waals surface area contributed by atoms with E-state index in [0.29, 0.717) is 12.5 Å². The van der Waals surface area contributed by atoms with Gasteiger partial charge in [0.15, 0.2) is 0 Å². The Morgan fingerprint density at radius 2 is 1.88 bits per heavy atom. The number of aliphatic hydroxyl groups excluding tert-OH is 1. The molecule has 1 aliphatic carbocycles. The summed E-state index contributed by atoms with van der Waals surface area (Å²) in [7, 11) is 0. The quantitative estimate of drug-likeness (QED) is 0.697. The Balaban J connectivity index is 1.72. The van der Waals surface area contributed by atoms with Gasteiger partial charge in [-0.25, -0.2) is 4.79 Å². The van der Waals surface area contributed by atoms with E-state index >= 15 is 0 Å². The lowest BCUT2D eigenvalue weighted by molar-refractivity contribution is 0.0664. The van der Waals surface area contributed by atoms with Gasteiger partial charge in [-0.2, -0.15) is 0 Å². The number of rotatable bonds is 6. The van der Waals surface area contributed by atoms with Crippen molar-refractivity contribution in [2.24, 2.45) is 11.8 Å². The van der Waals surface area contributed by atoms with E-state index < -0.39 is 0 Å². The van der Waals surface area contributed by atoms with Gasteiger partial charge in [-0.15, -0.1) is 0 Å². The van der Waals surface area contributed by atoms with Gasteiger partial charge in [0.05, 0.1) is 0 Å². The first-order chi connectivity index (χ1) is 11.4. The third-order valence-electron chi connectivity index (χ3n) is 6.07. The van der Waals surface area contributed by atoms with Gasteiger partial charge in [0, 0.05) is 31.3 Å². The fourth-order valence-electron chi connectivity index (χ4n) is 4.08. The van der Waals surface area contributed by atoms with Crippen molar-refractivity contribution in [3.8, 4) is 0 Å². The number of carbonyl (C=O) groups excluding carboxylic acids is 1. The molecule has 3 N–H and O–H groups in total. The number of nitrogens with one attached hydrogen (secondary N) is 2. The average molecular weight is 340 g/mol. The molecule has 2 fully saturated rings. The number of nitrogens with zero attached hydrogens (tertiary/aromatic N) is 1. The molecule has 140 valence electrons. The van der Waals surface area contributed by atoms with Crippen LogP contribution in [0.3, 0.4) is 0 Å². The van der Waals surface area contributed by atoms with Crippen LogP contribution in [0.4, 0.5) is 4.79 Å². The first kappa shape index (κ1) is 19.5. The van der Waals surface area contributed by atoms with Gasteiger partial charge in [-0.05, 0) is 70.8 Å². The van der Waals surface area contributed by atoms with Crippen molar-refractivity contribution in [2.75, 3.05) is 26.2 Å². The Morgan fingerprint density at radius 1 is 1.17 bits per heavy atom. The monoisotopic (exact) mass is 339 g/mol. The largest absolute Gasteiger partial charge is 0.396 e. The number of hydrogen-bond acceptors (Lipinski definition) is 3. The normalized spacial score (nSPS) is 29.2. The summed E-state index contributed by atoms with van der Waals surface area (Å²) in [5, 5.41) is 15.4. The van der Waals surface area contributed by atoms with Crippen molar-refractivity contribution in [1.82, 2.24) is 15.5 Å². The summed E-state index contributed by atoms with van der Waals surface area (Å²) in [6.45, 7) is 9.99. The summed E-state index contributed by atoms with van der Waals surface area (Å²) in [6, 6.07) is 0.218. The highest BCUT2D eigenvalue weighted by Gasteiger charge is 2.31. The lowest BCUT2D eigenvalue weighted by Crippen LogP contribution is -2.56. The molecule has 5 nitrogen and oxygen atoms in total. The first-order valence-corrected chi connectivity index (χ1v) is 9.85. The van der Waals surface area contributed by atoms with Crippen molar-refractivity contribution >= 4 is 6.03 Å². The van der Waals surface area contributed by atoms with Gasteiger partial charge in [0.1, 0.15) is 0 Å². The van der Waals surface area contributed by atoms with Crippen molar-refractivity contribution in [2.45, 2.75) is 77.3 Å². The van der Waals surface area contributed by atoms with E-state index in [1.807, 2.05) is 0 Å². The second-order valence-corrected chi connectivity index (χ2v) is 8.40. The average Bonchev–Trinajstić information content (AvgIpc) is 2.61. The van der Waals surface area contributed by atoms with Crippen molar-refractivity contribution in [3.63, 3.8) is 0 Å². The molecule has 2 aliphatic rings. The summed E-state index contributed by atoms with van der Waals surface area (Å²) >= 11 is 0. The zero-order valence-electron chi connectivity index (χ0n) is 15.8. The van der Waals surface area contributed by atoms with Gasteiger partial charge >= 0.3 is 6.03 Å². The highest BCUT2D eigenvalue weighted by molar-refractivity contribution is 5.74. The van der Waals surface area contributed by atoms with E-state index in [2.05, 4.69) is 36.3 Å². The zero-order chi connectivity index (χ0) is 17.6. The molecule has 1 aliphatic heterocycles. The number of urea groups is 1. The van der Waals surface area contributed by atoms with Crippen LogP contribution in [0.2, 0.25) is 0 Å². The van der Waals surface area contributed by atoms with E-state index in [-0.39, 0.29) is 24.2 Å². The number of hydrogen-bond donors (Lipinski definition) is 3. The molecule has 0 spiro atoms. The smallest absolute Gasteiger partial charge is 0.315 e. The lowest BCUT2D eigenvalue weighted by Gasteiger charge is -2.43. The Morgan fingerprint density at radius 3 is 2.50 bits per heavy atom. The lowest BCUT2D eigenvalue weighted by atomic mass is 9.87. The minimum Gasteiger partial charge on any atom is -0.396 e. The van der Waals surface area contributed by atoms with Gasteiger partial charge in [-0.3, -0.25) is 4.90 Å². The summed E-state index contributed by atoms with van der Waals surface area (Å²) < 4.78 is 0. The minimum absolute atomic E-state index is 0.000269. The second kappa shape index (κ2) is 9.04. The van der Waals surface area contributed by atoms with E-state index in [1.165, 1.54) is 19.3 Å². The zero-order valence-corrected chi connectivity index (χ0v) is 15.8. The topological polar surface area (TPSA) is 64.6 Å². The summed E-state index contributed by atoms with van der Waals surface area (Å²) in [5.41, 5.74) is -0.000269. The Labute approximate surface area is 147 Å². The molecule has 1 unspecified atom stereocenters. The van der Waals surface area contributed by atoms with E-state index in [9.17, 15) is 9.90 Å². The third-order valence-corrected chi connectivity index (χ3v) is 6.07. The highest BCUT2D eigenvalue weighted by atomic mass is 16.3. The predicted octanol–water partition coefficient (Wildman–Crippen LogP) is 2.74. The highest BCUT2D eigenvalue weighted by Crippen LogP contribution is 2.26. The van der Waals surface area contributed by atoms with Gasteiger partial charge in [-0.1, -0.05) is 13.3 Å². The fourth-order valence-corrected chi connectivity index (χ4v) is 4.08. The standard InChI is InChI=1S/C19H37N3O2/c1-4-15-6-5-11-22(12-15)19(2,3)14-20-18(24)21-17-9-7-16(13-23)8-10-17/h15-17,23H,4-14H2,1-3H3,(H2,20,21,24). The predicted molar refractivity (Wildman–Crippen MR) is 98.0 cm³/mol. The molecular formula is C19H37N3O2. The molecule has 1 saturated carbocycles. The molecule has 0 aromatic rings. The number of aliphatic hydroxyl groups is 1. The number of piperidine rings is 1. The molecule has 5 heteroatoms. The van der Waals surface area contributed by atoms with E-state index in [0.717, 1.165) is 44.7 Å². The maximum Gasteiger partial charge on any atom is 0.315 e. The van der Waals surface area contributed by atoms with Crippen LogP contribution < -0.4 is 10.6 Å². The molecule has 24 heavy (non-hydrogen) atoms. The number of amides is 2. The summed E-state index contributed by atoms with van der Waals surface area (Å²) in [6.07, 6.45) is 7.84. The van der Waals surface area contributed by atoms with E-state index in [4.69, 9.17) is 0 Å². The van der Waals surface area contributed by atoms with Crippen LogP contribution in [0.25, 0.3) is 0 Å². The van der Waals surface area contributed by atoms with Gasteiger partial charge < -0.3 is 15.7 Å². The fraction of sp³-hybridized carbons (Fsp3) is 0.947. The SMILES string of the molecule is CCC1CCCN(C(C)(C)CNC(=O)NC2CCC(CO)CC2)C1. The molecule has 0 aromatic heterocycles. The molecular weight excluding hydrogens is 302 g/mol. The maximum absolute atomic E-state index is 12.2. The molecule has 2 rings (SSSR count). The molecule has 1 saturated heterocycles. The first-order valence-electron chi connectivity index (χ1n) is 9.85. The molecule has 0 bridgehead atoms. The van der Waals surface area contributed by atoms with Crippen LogP contribution in [0.1, 0.15) is 65.7 Å². The van der Waals surface area contributed by atoms with Gasteiger partial charge in [0.25, 0.3) is 0 Å². The Hall–Kier alpha value is -0.810. The van der Waals surface area contributed by atoms with Gasteiger partial charge in [0.2, 0.25) is 0 Å². The Kier molecular flexibility index (Phi) is 7.35. The summed E-state index contributed by atoms with van der Waals surface area (Å²) in [5.74, 6) is 1.23. The molecule has 1 heterocycles. The second-order valence-electron chi connectivity index (χ2n) is 8.40. The maximum atomic E-state index is 12.2. The van der Waals surface area contributed by atoms with Crippen LogP contribution in [0, 0.1) is 11.8 Å². The molecule has 0 radical (unpaired) electrons. The van der Waals surface area contributed by atoms with E-state index in [1.54, 1.807) is 0 Å². The van der Waals surface area contributed by atoms with Crippen LogP contribution in [-0.2, 0) is 0 Å². The summed E-state index contributed by atoms with van der Waals surface area (Å²) in [4.78, 5) is 14.8. The van der Waals surface area contributed by atoms with Crippen LogP contribution in [-0.4, -0.2) is 53.9 Å². The van der Waals surface area contributed by atoms with Crippen LogP contribution >= 0.6 is 0 Å². The Bertz CT molecular complexity index is 392. The van der Waals surface area contributed by atoms with Crippen molar-refractivity contribution < 1.29 is 9.90 Å². The molecule has 0 aromatic carbocycles. The molecule has 2 amide bonds. The van der Waals surface area contributed by atoms with Crippen molar-refractivity contribution in [1.29, 1.82) is 0 Å². The van der Waals surface area contributed by atoms with Crippen LogP contribution in [0.5, 0.6) is 0 Å².